The van der Waals surface area contributed by atoms with Crippen LogP contribution in [0.4, 0.5) is 5.69 Å². The van der Waals surface area contributed by atoms with Crippen LogP contribution in [0.2, 0.25) is 10.0 Å². The standard InChI is InChI=1S/C12H14Cl3NO3S/c1-3-7(2)4-11(17)16-12-9(13)5-8(6-10(12)14)20(15,18)19/h5-7H,3-4H2,1-2H3,(H,16,17). The lowest BCUT2D eigenvalue weighted by atomic mass is 10.1. The van der Waals surface area contributed by atoms with Gasteiger partial charge in [-0.05, 0) is 18.1 Å². The fraction of sp³-hybridized carbons (Fsp3) is 0.417. The van der Waals surface area contributed by atoms with Gasteiger partial charge in [-0.2, -0.15) is 0 Å². The largest absolute Gasteiger partial charge is 0.324 e. The third-order valence-corrected chi connectivity index (χ3v) is 4.72. The zero-order chi connectivity index (χ0) is 15.5. The number of anilines is 1. The molecule has 1 rings (SSSR count). The third kappa shape index (κ3) is 4.81. The van der Waals surface area contributed by atoms with Gasteiger partial charge in [0.1, 0.15) is 0 Å². The number of carbonyl (C=O) groups is 1. The van der Waals surface area contributed by atoms with Crippen molar-refractivity contribution in [2.24, 2.45) is 5.92 Å². The van der Waals surface area contributed by atoms with E-state index in [0.29, 0.717) is 6.42 Å². The van der Waals surface area contributed by atoms with Crippen LogP contribution in [0.15, 0.2) is 17.0 Å². The number of benzene rings is 1. The van der Waals surface area contributed by atoms with Gasteiger partial charge in [0, 0.05) is 17.1 Å². The Balaban J connectivity index is 3.01. The summed E-state index contributed by atoms with van der Waals surface area (Å²) in [4.78, 5) is 11.6. The van der Waals surface area contributed by atoms with Gasteiger partial charge in [-0.3, -0.25) is 4.79 Å². The van der Waals surface area contributed by atoms with Crippen molar-refractivity contribution in [3.05, 3.63) is 22.2 Å². The molecule has 1 N–H and O–H groups in total. The van der Waals surface area contributed by atoms with Gasteiger partial charge in [0.05, 0.1) is 20.6 Å². The summed E-state index contributed by atoms with van der Waals surface area (Å²) in [5, 5.41) is 2.63. The molecule has 4 nitrogen and oxygen atoms in total. The summed E-state index contributed by atoms with van der Waals surface area (Å²) in [5.74, 6) is -0.000301. The second-order valence-corrected chi connectivity index (χ2v) is 7.85. The van der Waals surface area contributed by atoms with Crippen molar-refractivity contribution in [3.63, 3.8) is 0 Å². The molecule has 0 fully saturated rings. The van der Waals surface area contributed by atoms with E-state index in [4.69, 9.17) is 33.9 Å². The first-order chi connectivity index (χ1) is 9.15. The Labute approximate surface area is 132 Å². The molecule has 0 aromatic heterocycles. The smallest absolute Gasteiger partial charge is 0.261 e. The van der Waals surface area contributed by atoms with Gasteiger partial charge in [-0.1, -0.05) is 43.5 Å². The number of hydrogen-bond acceptors (Lipinski definition) is 3. The highest BCUT2D eigenvalue weighted by molar-refractivity contribution is 8.13. The van der Waals surface area contributed by atoms with Crippen LogP contribution in [0.25, 0.3) is 0 Å². The highest BCUT2D eigenvalue weighted by atomic mass is 35.7. The van der Waals surface area contributed by atoms with Crippen molar-refractivity contribution in [2.45, 2.75) is 31.6 Å². The van der Waals surface area contributed by atoms with E-state index >= 15 is 0 Å². The van der Waals surface area contributed by atoms with Crippen LogP contribution in [-0.2, 0) is 13.8 Å². The van der Waals surface area contributed by atoms with Gasteiger partial charge < -0.3 is 5.32 Å². The molecule has 0 radical (unpaired) electrons. The molecule has 1 amide bonds. The lowest BCUT2D eigenvalue weighted by Gasteiger charge is -2.12. The Morgan fingerprint density at radius 1 is 1.30 bits per heavy atom. The summed E-state index contributed by atoms with van der Waals surface area (Å²) < 4.78 is 22.4. The van der Waals surface area contributed by atoms with E-state index in [-0.39, 0.29) is 32.5 Å². The Hall–Kier alpha value is -0.490. The van der Waals surface area contributed by atoms with Crippen LogP contribution in [-0.4, -0.2) is 14.3 Å². The van der Waals surface area contributed by atoms with Gasteiger partial charge in [0.2, 0.25) is 5.91 Å². The first-order valence-electron chi connectivity index (χ1n) is 5.88. The average molecular weight is 359 g/mol. The first-order valence-corrected chi connectivity index (χ1v) is 8.95. The molecule has 20 heavy (non-hydrogen) atoms. The van der Waals surface area contributed by atoms with E-state index in [9.17, 15) is 13.2 Å². The maximum Gasteiger partial charge on any atom is 0.261 e. The SMILES string of the molecule is CCC(C)CC(=O)Nc1c(Cl)cc(S(=O)(=O)Cl)cc1Cl. The Bertz CT molecular complexity index is 593. The maximum absolute atomic E-state index is 11.8. The van der Waals surface area contributed by atoms with Gasteiger partial charge in [-0.25, -0.2) is 8.42 Å². The molecular formula is C12H14Cl3NO3S. The van der Waals surface area contributed by atoms with E-state index in [1.807, 2.05) is 13.8 Å². The maximum atomic E-state index is 11.8. The van der Waals surface area contributed by atoms with E-state index in [2.05, 4.69) is 5.32 Å². The number of hydrogen-bond donors (Lipinski definition) is 1. The Morgan fingerprint density at radius 2 is 1.80 bits per heavy atom. The molecule has 0 aliphatic rings. The summed E-state index contributed by atoms with van der Waals surface area (Å²) in [5.41, 5.74) is 0.186. The number of nitrogens with one attached hydrogen (secondary N) is 1. The fourth-order valence-electron chi connectivity index (χ4n) is 1.46. The van der Waals surface area contributed by atoms with Crippen LogP contribution < -0.4 is 5.32 Å². The molecule has 1 aromatic rings. The zero-order valence-corrected chi connectivity index (χ0v) is 14.0. The van der Waals surface area contributed by atoms with Crippen molar-refractivity contribution in [1.82, 2.24) is 0 Å². The topological polar surface area (TPSA) is 63.2 Å². The molecule has 0 aliphatic carbocycles. The predicted molar refractivity (Wildman–Crippen MR) is 82.2 cm³/mol. The average Bonchev–Trinajstić information content (AvgIpc) is 2.32. The van der Waals surface area contributed by atoms with E-state index < -0.39 is 9.05 Å². The van der Waals surface area contributed by atoms with Crippen molar-refractivity contribution >= 4 is 54.5 Å². The monoisotopic (exact) mass is 357 g/mol. The normalized spacial score (nSPS) is 13.1. The van der Waals surface area contributed by atoms with Crippen LogP contribution >= 0.6 is 33.9 Å². The Kier molecular flexibility index (Phi) is 6.13. The van der Waals surface area contributed by atoms with Gasteiger partial charge in [0.25, 0.3) is 9.05 Å². The summed E-state index contributed by atoms with van der Waals surface area (Å²) in [6, 6.07) is 2.29. The Morgan fingerprint density at radius 3 is 2.20 bits per heavy atom. The molecule has 0 bridgehead atoms. The van der Waals surface area contributed by atoms with E-state index in [1.54, 1.807) is 0 Å². The second kappa shape index (κ2) is 6.98. The number of amides is 1. The van der Waals surface area contributed by atoms with Gasteiger partial charge in [0.15, 0.2) is 0 Å². The number of rotatable bonds is 5. The van der Waals surface area contributed by atoms with Crippen LogP contribution in [0, 0.1) is 5.92 Å². The quantitative estimate of drug-likeness (QED) is 0.798. The minimum atomic E-state index is -3.93. The van der Waals surface area contributed by atoms with Crippen LogP contribution in [0.3, 0.4) is 0 Å². The molecule has 1 aromatic carbocycles. The summed E-state index contributed by atoms with van der Waals surface area (Å²) in [6.07, 6.45) is 1.21. The highest BCUT2D eigenvalue weighted by Crippen LogP contribution is 2.34. The van der Waals surface area contributed by atoms with E-state index in [0.717, 1.165) is 18.6 Å². The minimum Gasteiger partial charge on any atom is -0.324 e. The molecule has 0 saturated carbocycles. The highest BCUT2D eigenvalue weighted by Gasteiger charge is 2.18. The number of carbonyl (C=O) groups excluding carboxylic acids is 1. The predicted octanol–water partition coefficient (Wildman–Crippen LogP) is 4.30. The first kappa shape index (κ1) is 17.6. The van der Waals surface area contributed by atoms with Crippen molar-refractivity contribution < 1.29 is 13.2 Å². The van der Waals surface area contributed by atoms with E-state index in [1.165, 1.54) is 0 Å². The van der Waals surface area contributed by atoms with Crippen LogP contribution in [0.1, 0.15) is 26.7 Å². The molecule has 0 saturated heterocycles. The molecule has 0 heterocycles. The number of halogens is 3. The van der Waals surface area contributed by atoms with Gasteiger partial charge >= 0.3 is 0 Å². The zero-order valence-electron chi connectivity index (χ0n) is 10.9. The van der Waals surface area contributed by atoms with Crippen molar-refractivity contribution in [1.29, 1.82) is 0 Å². The lowest BCUT2D eigenvalue weighted by molar-refractivity contribution is -0.117. The molecular weight excluding hydrogens is 345 g/mol. The molecule has 0 spiro atoms. The molecule has 1 unspecified atom stereocenters. The second-order valence-electron chi connectivity index (χ2n) is 4.47. The molecule has 112 valence electrons. The molecule has 0 aliphatic heterocycles. The van der Waals surface area contributed by atoms with Gasteiger partial charge in [-0.15, -0.1) is 0 Å². The van der Waals surface area contributed by atoms with Crippen molar-refractivity contribution in [3.8, 4) is 0 Å². The summed E-state index contributed by atoms with van der Waals surface area (Å²) in [7, 11) is 1.29. The molecule has 8 heteroatoms. The lowest BCUT2D eigenvalue weighted by Crippen LogP contribution is -2.15. The summed E-state index contributed by atoms with van der Waals surface area (Å²) >= 11 is 11.9. The third-order valence-electron chi connectivity index (χ3n) is 2.79. The minimum absolute atomic E-state index is 0.0224. The summed E-state index contributed by atoms with van der Waals surface area (Å²) in [6.45, 7) is 3.93. The molecule has 1 atom stereocenters. The van der Waals surface area contributed by atoms with Crippen molar-refractivity contribution in [2.75, 3.05) is 5.32 Å². The fourth-order valence-corrected chi connectivity index (χ4v) is 2.96. The van der Waals surface area contributed by atoms with Crippen LogP contribution in [0.5, 0.6) is 0 Å².